The highest BCUT2D eigenvalue weighted by Gasteiger charge is 2.48. The highest BCUT2D eigenvalue weighted by Crippen LogP contribution is 2.30. The summed E-state index contributed by atoms with van der Waals surface area (Å²) in [5, 5.41) is 51.8. The van der Waals surface area contributed by atoms with Crippen molar-refractivity contribution in [3.63, 3.8) is 0 Å². The third-order valence-electron chi connectivity index (χ3n) is 6.65. The molecule has 18 heteroatoms. The molecule has 4 rings (SSSR count). The Morgan fingerprint density at radius 2 is 1.61 bits per heavy atom. The molecule has 12 nitrogen and oxygen atoms in total. The molecule has 1 aliphatic heterocycles. The van der Waals surface area contributed by atoms with E-state index in [4.69, 9.17) is 26.2 Å². The number of aliphatic hydroxyl groups excluding tert-OH is 3. The van der Waals surface area contributed by atoms with Gasteiger partial charge in [0.2, 0.25) is 11.7 Å². The van der Waals surface area contributed by atoms with Gasteiger partial charge >= 0.3 is 12.1 Å². The molecule has 0 radical (unpaired) electrons. The van der Waals surface area contributed by atoms with E-state index in [1.165, 1.54) is 4.90 Å². The maximum absolute atomic E-state index is 13.7. The first-order valence-corrected chi connectivity index (χ1v) is 12.1. The van der Waals surface area contributed by atoms with Gasteiger partial charge in [-0.25, -0.2) is 18.0 Å². The number of hydrogen-bond acceptors (Lipinski definition) is 9. The lowest BCUT2D eigenvalue weighted by atomic mass is 9.80. The van der Waals surface area contributed by atoms with Crippen molar-refractivity contribution in [2.45, 2.75) is 74.9 Å². The molecule has 2 heterocycles. The summed E-state index contributed by atoms with van der Waals surface area (Å²) in [6.45, 7) is -0.302. The SMILES string of the molecule is N[C@@H](CC(=O)N1CCn2c(nnc2C(F)(F)F)C1)Cc1cc(F)c(F)cc1F.O=C(O)C1(O)C[C@@H](O)C(O)[C@H](O)C1. The van der Waals surface area contributed by atoms with Crippen LogP contribution in [0.1, 0.15) is 36.5 Å². The Morgan fingerprint density at radius 3 is 2.17 bits per heavy atom. The predicted molar refractivity (Wildman–Crippen MR) is 123 cm³/mol. The highest BCUT2D eigenvalue weighted by atomic mass is 19.4. The minimum Gasteiger partial charge on any atom is -0.479 e. The van der Waals surface area contributed by atoms with Crippen LogP contribution in [-0.4, -0.2) is 93.6 Å². The summed E-state index contributed by atoms with van der Waals surface area (Å²) in [7, 11) is 0. The van der Waals surface area contributed by atoms with Gasteiger partial charge < -0.3 is 40.7 Å². The molecular weight excluding hydrogens is 572 g/mol. The number of nitrogens with two attached hydrogens (primary N) is 1. The van der Waals surface area contributed by atoms with E-state index >= 15 is 0 Å². The number of aliphatic hydroxyl groups is 4. The summed E-state index contributed by atoms with van der Waals surface area (Å²) >= 11 is 0. The molecule has 1 aliphatic carbocycles. The van der Waals surface area contributed by atoms with Gasteiger partial charge in [-0.05, 0) is 18.1 Å². The number of fused-ring (bicyclic) bond motifs is 1. The fraction of sp³-hybridized carbons (Fsp3) is 0.565. The zero-order valence-corrected chi connectivity index (χ0v) is 21.1. The van der Waals surface area contributed by atoms with Gasteiger partial charge in [0.05, 0.1) is 18.8 Å². The fourth-order valence-electron chi connectivity index (χ4n) is 4.46. The monoisotopic (exact) mass is 599 g/mol. The summed E-state index contributed by atoms with van der Waals surface area (Å²) in [5.74, 6) is -6.65. The number of rotatable bonds is 5. The fourth-order valence-corrected chi connectivity index (χ4v) is 4.46. The van der Waals surface area contributed by atoms with Gasteiger partial charge in [-0.1, -0.05) is 0 Å². The van der Waals surface area contributed by atoms with Crippen LogP contribution in [0.25, 0.3) is 0 Å². The van der Waals surface area contributed by atoms with Crippen molar-refractivity contribution in [3.05, 3.63) is 46.8 Å². The van der Waals surface area contributed by atoms with E-state index in [9.17, 15) is 41.0 Å². The van der Waals surface area contributed by atoms with Gasteiger partial charge in [0.1, 0.15) is 11.9 Å². The number of nitrogens with zero attached hydrogens (tertiary/aromatic N) is 4. The Labute approximate surface area is 227 Å². The minimum atomic E-state index is -4.64. The maximum atomic E-state index is 13.7. The lowest BCUT2D eigenvalue weighted by Gasteiger charge is -2.37. The number of amides is 1. The average Bonchev–Trinajstić information content (AvgIpc) is 3.30. The number of alkyl halides is 3. The summed E-state index contributed by atoms with van der Waals surface area (Å²) < 4.78 is 79.3. The average molecular weight is 599 g/mol. The van der Waals surface area contributed by atoms with E-state index in [2.05, 4.69) is 10.2 Å². The topological polar surface area (TPSA) is 195 Å². The van der Waals surface area contributed by atoms with Crippen molar-refractivity contribution in [3.8, 4) is 0 Å². The van der Waals surface area contributed by atoms with Crippen LogP contribution in [0.4, 0.5) is 26.3 Å². The van der Waals surface area contributed by atoms with Crippen molar-refractivity contribution in [2.24, 2.45) is 5.73 Å². The van der Waals surface area contributed by atoms with Crippen LogP contribution < -0.4 is 5.73 Å². The molecule has 1 aromatic heterocycles. The van der Waals surface area contributed by atoms with E-state index in [0.29, 0.717) is 12.1 Å². The molecule has 1 fully saturated rings. The first kappa shape index (κ1) is 32.2. The molecule has 2 aromatic rings. The number of aliphatic carboxylic acids is 1. The van der Waals surface area contributed by atoms with Crippen LogP contribution in [0.5, 0.6) is 0 Å². The zero-order chi connectivity index (χ0) is 30.9. The van der Waals surface area contributed by atoms with Crippen molar-refractivity contribution in [1.29, 1.82) is 0 Å². The first-order chi connectivity index (χ1) is 18.9. The number of halogens is 6. The molecule has 1 amide bonds. The summed E-state index contributed by atoms with van der Waals surface area (Å²) in [4.78, 5) is 24.1. The van der Waals surface area contributed by atoms with Crippen molar-refractivity contribution >= 4 is 11.9 Å². The van der Waals surface area contributed by atoms with Gasteiger partial charge in [-0.2, -0.15) is 13.2 Å². The zero-order valence-electron chi connectivity index (χ0n) is 21.1. The molecule has 41 heavy (non-hydrogen) atoms. The summed E-state index contributed by atoms with van der Waals surface area (Å²) in [6, 6.07) is 0.184. The molecule has 0 spiro atoms. The van der Waals surface area contributed by atoms with Gasteiger partial charge in [0.15, 0.2) is 23.1 Å². The second-order valence-corrected chi connectivity index (χ2v) is 9.80. The van der Waals surface area contributed by atoms with Crippen LogP contribution in [-0.2, 0) is 35.3 Å². The smallest absolute Gasteiger partial charge is 0.451 e. The third-order valence-corrected chi connectivity index (χ3v) is 6.65. The van der Waals surface area contributed by atoms with Crippen molar-refractivity contribution < 1.29 is 61.5 Å². The Kier molecular flexibility index (Phi) is 9.64. The Bertz CT molecular complexity index is 1260. The maximum Gasteiger partial charge on any atom is 0.451 e. The van der Waals surface area contributed by atoms with Crippen LogP contribution in [0.2, 0.25) is 0 Å². The largest absolute Gasteiger partial charge is 0.479 e. The lowest BCUT2D eigenvalue weighted by Crippen LogP contribution is -2.56. The molecule has 3 atom stereocenters. The van der Waals surface area contributed by atoms with Crippen molar-refractivity contribution in [2.75, 3.05) is 6.54 Å². The molecule has 0 bridgehead atoms. The Morgan fingerprint density at radius 1 is 1.02 bits per heavy atom. The number of carbonyl (C=O) groups excluding carboxylic acids is 1. The van der Waals surface area contributed by atoms with E-state index in [-0.39, 0.29) is 43.9 Å². The van der Waals surface area contributed by atoms with Crippen LogP contribution in [0, 0.1) is 17.5 Å². The predicted octanol–water partition coefficient (Wildman–Crippen LogP) is -0.305. The highest BCUT2D eigenvalue weighted by molar-refractivity contribution is 5.77. The van der Waals surface area contributed by atoms with E-state index in [1.54, 1.807) is 0 Å². The number of hydrogen-bond donors (Lipinski definition) is 6. The quantitative estimate of drug-likeness (QED) is 0.196. The molecule has 0 unspecified atom stereocenters. The molecule has 228 valence electrons. The molecular formula is C23H27F6N5O7. The molecule has 0 saturated heterocycles. The summed E-state index contributed by atoms with van der Waals surface area (Å²) in [5.41, 5.74) is 3.50. The van der Waals surface area contributed by atoms with Gasteiger partial charge in [0.25, 0.3) is 0 Å². The van der Waals surface area contributed by atoms with Gasteiger partial charge in [0, 0.05) is 44.5 Å². The van der Waals surface area contributed by atoms with E-state index in [0.717, 1.165) is 4.57 Å². The number of carboxylic acids is 1. The van der Waals surface area contributed by atoms with Gasteiger partial charge in [-0.3, -0.25) is 4.79 Å². The normalized spacial score (nSPS) is 25.1. The second-order valence-electron chi connectivity index (χ2n) is 9.80. The molecule has 1 saturated carbocycles. The molecule has 1 aromatic carbocycles. The number of aromatic nitrogens is 3. The number of carboxylic acid groups (broad SMARTS) is 1. The number of carbonyl (C=O) groups is 2. The third kappa shape index (κ3) is 7.50. The Balaban J connectivity index is 0.000000298. The van der Waals surface area contributed by atoms with Crippen LogP contribution in [0.3, 0.4) is 0 Å². The Hall–Kier alpha value is -3.32. The van der Waals surface area contributed by atoms with E-state index in [1.807, 2.05) is 0 Å². The standard InChI is InChI=1S/C16H15F6N5O.C7H12O6/c17-10-6-12(19)11(18)4-8(10)3-9(23)5-14(28)26-1-2-27-13(7-26)24-25-15(27)16(20,21)22;8-3-1-7(13,6(11)12)2-4(9)5(3)10/h4,6,9H,1-3,5,7,23H2;3-5,8-10,13H,1-2H2,(H,11,12)/t9-;3-,4-,5?,7?/m11/s1. The number of benzene rings is 1. The second kappa shape index (κ2) is 12.3. The first-order valence-electron chi connectivity index (χ1n) is 12.1. The van der Waals surface area contributed by atoms with Crippen LogP contribution >= 0.6 is 0 Å². The van der Waals surface area contributed by atoms with Crippen molar-refractivity contribution in [1.82, 2.24) is 19.7 Å². The minimum absolute atomic E-state index is 0.000783. The molecule has 7 N–H and O–H groups in total. The van der Waals surface area contributed by atoms with Crippen LogP contribution in [0.15, 0.2) is 12.1 Å². The van der Waals surface area contributed by atoms with Gasteiger partial charge in [-0.15, -0.1) is 10.2 Å². The van der Waals surface area contributed by atoms with E-state index < -0.39 is 84.1 Å². The lowest BCUT2D eigenvalue weighted by molar-refractivity contribution is -0.187. The summed E-state index contributed by atoms with van der Waals surface area (Å²) in [6.07, 6.45) is -10.3. The molecule has 2 aliphatic rings.